The summed E-state index contributed by atoms with van der Waals surface area (Å²) in [6, 6.07) is 0.650. The molecule has 0 radical (unpaired) electrons. The van der Waals surface area contributed by atoms with E-state index in [1.165, 1.54) is 0 Å². The summed E-state index contributed by atoms with van der Waals surface area (Å²) in [7, 11) is 0. The summed E-state index contributed by atoms with van der Waals surface area (Å²) in [4.78, 5) is 8.59. The predicted octanol–water partition coefficient (Wildman–Crippen LogP) is 2.11. The molecule has 1 aromatic heterocycles. The van der Waals surface area contributed by atoms with E-state index in [-0.39, 0.29) is 18.5 Å². The lowest BCUT2D eigenvalue weighted by Crippen LogP contribution is -2.33. The Morgan fingerprint density at radius 3 is 2.78 bits per heavy atom. The smallest absolute Gasteiger partial charge is 0.394 e. The minimum atomic E-state index is -4.56. The summed E-state index contributed by atoms with van der Waals surface area (Å²) in [5.74, 6) is 0.110. The van der Waals surface area contributed by atoms with Crippen LogP contribution in [0.15, 0.2) is 6.07 Å². The van der Waals surface area contributed by atoms with Gasteiger partial charge in [0, 0.05) is 12.6 Å². The Hall–Kier alpha value is -1.08. The van der Waals surface area contributed by atoms with Crippen LogP contribution in [-0.4, -0.2) is 34.3 Å². The second-order valence-corrected chi connectivity index (χ2v) is 4.39. The number of aliphatic hydroxyl groups excluding tert-OH is 1. The standard InChI is InChI=1S/C10H11ClF3N3O/c11-9-15-7(10(12,13)14)4-8(16-9)17-3-1-2-6(17)5-18/h4,6,18H,1-3,5H2. The molecule has 0 saturated carbocycles. The zero-order valence-electron chi connectivity index (χ0n) is 9.28. The molecule has 0 amide bonds. The molecule has 1 N–H and O–H groups in total. The molecule has 1 fully saturated rings. The highest BCUT2D eigenvalue weighted by atomic mass is 35.5. The van der Waals surface area contributed by atoms with Crippen molar-refractivity contribution in [3.63, 3.8) is 0 Å². The molecular formula is C10H11ClF3N3O. The molecule has 1 atom stereocenters. The highest BCUT2D eigenvalue weighted by Crippen LogP contribution is 2.32. The van der Waals surface area contributed by atoms with Crippen LogP contribution in [0.2, 0.25) is 5.28 Å². The van der Waals surface area contributed by atoms with Crippen LogP contribution in [0.5, 0.6) is 0 Å². The highest BCUT2D eigenvalue weighted by molar-refractivity contribution is 6.28. The summed E-state index contributed by atoms with van der Waals surface area (Å²) < 4.78 is 37.8. The van der Waals surface area contributed by atoms with Gasteiger partial charge in [-0.15, -0.1) is 0 Å². The van der Waals surface area contributed by atoms with Crippen molar-refractivity contribution in [2.24, 2.45) is 0 Å². The molecule has 1 aliphatic rings. The molecule has 100 valence electrons. The second-order valence-electron chi connectivity index (χ2n) is 4.05. The maximum atomic E-state index is 12.6. The lowest BCUT2D eigenvalue weighted by Gasteiger charge is -2.24. The first-order chi connectivity index (χ1) is 8.41. The first-order valence-electron chi connectivity index (χ1n) is 5.41. The van der Waals surface area contributed by atoms with Crippen molar-refractivity contribution in [3.05, 3.63) is 17.0 Å². The van der Waals surface area contributed by atoms with Gasteiger partial charge < -0.3 is 10.0 Å². The van der Waals surface area contributed by atoms with Gasteiger partial charge >= 0.3 is 6.18 Å². The van der Waals surface area contributed by atoms with E-state index in [0.29, 0.717) is 6.54 Å². The van der Waals surface area contributed by atoms with Crippen LogP contribution in [0.1, 0.15) is 18.5 Å². The van der Waals surface area contributed by atoms with E-state index in [0.717, 1.165) is 18.9 Å². The van der Waals surface area contributed by atoms with Gasteiger partial charge in [0.15, 0.2) is 5.69 Å². The van der Waals surface area contributed by atoms with Gasteiger partial charge in [-0.2, -0.15) is 13.2 Å². The fourth-order valence-electron chi connectivity index (χ4n) is 2.03. The fraction of sp³-hybridized carbons (Fsp3) is 0.600. The van der Waals surface area contributed by atoms with Crippen LogP contribution >= 0.6 is 11.6 Å². The number of rotatable bonds is 2. The largest absolute Gasteiger partial charge is 0.433 e. The van der Waals surface area contributed by atoms with Crippen molar-refractivity contribution in [1.29, 1.82) is 0 Å². The van der Waals surface area contributed by atoms with E-state index in [2.05, 4.69) is 9.97 Å². The maximum absolute atomic E-state index is 12.6. The summed E-state index contributed by atoms with van der Waals surface area (Å²) in [6.45, 7) is 0.429. The third-order valence-electron chi connectivity index (χ3n) is 2.86. The first-order valence-corrected chi connectivity index (χ1v) is 5.79. The molecule has 0 bridgehead atoms. The first kappa shape index (κ1) is 13.4. The van der Waals surface area contributed by atoms with Gasteiger partial charge in [-0.25, -0.2) is 9.97 Å². The molecule has 2 rings (SSSR count). The van der Waals surface area contributed by atoms with Crippen molar-refractivity contribution in [2.45, 2.75) is 25.1 Å². The zero-order chi connectivity index (χ0) is 13.3. The SMILES string of the molecule is OCC1CCCN1c1cc(C(F)(F)F)nc(Cl)n1. The number of aliphatic hydroxyl groups is 1. The van der Waals surface area contributed by atoms with Crippen LogP contribution < -0.4 is 4.90 Å². The van der Waals surface area contributed by atoms with Crippen molar-refractivity contribution in [2.75, 3.05) is 18.1 Å². The minimum absolute atomic E-state index is 0.110. The molecule has 18 heavy (non-hydrogen) atoms. The van der Waals surface area contributed by atoms with Gasteiger partial charge in [-0.05, 0) is 24.4 Å². The van der Waals surface area contributed by atoms with E-state index in [9.17, 15) is 13.2 Å². The summed E-state index contributed by atoms with van der Waals surface area (Å²) in [5, 5.41) is 8.71. The van der Waals surface area contributed by atoms with Gasteiger partial charge in [0.05, 0.1) is 12.6 Å². The monoisotopic (exact) mass is 281 g/mol. The molecular weight excluding hydrogens is 271 g/mol. The van der Waals surface area contributed by atoms with E-state index >= 15 is 0 Å². The molecule has 4 nitrogen and oxygen atoms in total. The lowest BCUT2D eigenvalue weighted by atomic mass is 10.2. The Labute approximate surface area is 106 Å². The van der Waals surface area contributed by atoms with Crippen LogP contribution in [0.3, 0.4) is 0 Å². The van der Waals surface area contributed by atoms with Crippen molar-refractivity contribution in [1.82, 2.24) is 9.97 Å². The third-order valence-corrected chi connectivity index (χ3v) is 3.03. The van der Waals surface area contributed by atoms with Crippen LogP contribution in [-0.2, 0) is 6.18 Å². The van der Waals surface area contributed by atoms with E-state index < -0.39 is 17.2 Å². The van der Waals surface area contributed by atoms with Crippen LogP contribution in [0.4, 0.5) is 19.0 Å². The summed E-state index contributed by atoms with van der Waals surface area (Å²) in [6.07, 6.45) is -3.04. The highest BCUT2D eigenvalue weighted by Gasteiger charge is 2.35. The summed E-state index contributed by atoms with van der Waals surface area (Å²) >= 11 is 5.51. The Bertz CT molecular complexity index is 441. The maximum Gasteiger partial charge on any atom is 0.433 e. The number of halogens is 4. The van der Waals surface area contributed by atoms with Crippen molar-refractivity contribution < 1.29 is 18.3 Å². The molecule has 1 unspecified atom stereocenters. The summed E-state index contributed by atoms with van der Waals surface area (Å²) in [5.41, 5.74) is -1.07. The molecule has 8 heteroatoms. The van der Waals surface area contributed by atoms with Crippen LogP contribution in [0.25, 0.3) is 0 Å². The fourth-order valence-corrected chi connectivity index (χ4v) is 2.20. The van der Waals surface area contributed by atoms with Gasteiger partial charge in [-0.3, -0.25) is 0 Å². The second kappa shape index (κ2) is 4.89. The van der Waals surface area contributed by atoms with Gasteiger partial charge in [0.1, 0.15) is 5.82 Å². The number of nitrogens with zero attached hydrogens (tertiary/aromatic N) is 3. The predicted molar refractivity (Wildman–Crippen MR) is 59.5 cm³/mol. The van der Waals surface area contributed by atoms with Gasteiger partial charge in [0.25, 0.3) is 0 Å². The number of anilines is 1. The van der Waals surface area contributed by atoms with Gasteiger partial charge in [-0.1, -0.05) is 0 Å². The zero-order valence-corrected chi connectivity index (χ0v) is 10.0. The van der Waals surface area contributed by atoms with Gasteiger partial charge in [0.2, 0.25) is 5.28 Å². The average molecular weight is 282 g/mol. The molecule has 0 spiro atoms. The molecule has 1 saturated heterocycles. The molecule has 0 aliphatic carbocycles. The Balaban J connectivity index is 2.36. The molecule has 0 aromatic carbocycles. The Kier molecular flexibility index (Phi) is 3.63. The molecule has 1 aliphatic heterocycles. The molecule has 1 aromatic rings. The number of hydrogen-bond acceptors (Lipinski definition) is 4. The Morgan fingerprint density at radius 2 is 2.17 bits per heavy atom. The average Bonchev–Trinajstić information content (AvgIpc) is 2.74. The number of aromatic nitrogens is 2. The minimum Gasteiger partial charge on any atom is -0.394 e. The lowest BCUT2D eigenvalue weighted by molar-refractivity contribution is -0.141. The van der Waals surface area contributed by atoms with E-state index in [1.807, 2.05) is 0 Å². The topological polar surface area (TPSA) is 49.2 Å². The number of hydrogen-bond donors (Lipinski definition) is 1. The van der Waals surface area contributed by atoms with Crippen molar-refractivity contribution in [3.8, 4) is 0 Å². The van der Waals surface area contributed by atoms with E-state index in [4.69, 9.17) is 16.7 Å². The van der Waals surface area contributed by atoms with Crippen molar-refractivity contribution >= 4 is 17.4 Å². The number of alkyl halides is 3. The Morgan fingerprint density at radius 1 is 1.44 bits per heavy atom. The van der Waals surface area contributed by atoms with Crippen LogP contribution in [0, 0.1) is 0 Å². The normalized spacial score (nSPS) is 20.5. The third kappa shape index (κ3) is 2.67. The molecule has 2 heterocycles. The quantitative estimate of drug-likeness (QED) is 0.844. The van der Waals surface area contributed by atoms with E-state index in [1.54, 1.807) is 4.90 Å².